The summed E-state index contributed by atoms with van der Waals surface area (Å²) in [5.74, 6) is 0. The zero-order chi connectivity index (χ0) is 56.7. The van der Waals surface area contributed by atoms with E-state index in [1.54, 1.807) is 0 Å². The average molecular weight is 1130 g/mol. The molecule has 0 spiro atoms. The van der Waals surface area contributed by atoms with E-state index in [2.05, 4.69) is 315 Å². The molecule has 16 aromatic carbocycles. The largest absolute Gasteiger partial charge is 0.135 e. The van der Waals surface area contributed by atoms with Crippen molar-refractivity contribution in [2.24, 2.45) is 0 Å². The van der Waals surface area contributed by atoms with E-state index in [0.29, 0.717) is 0 Å². The highest BCUT2D eigenvalue weighted by Gasteiger charge is 2.22. The Kier molecular flexibility index (Phi) is 12.0. The van der Waals surface area contributed by atoms with E-state index < -0.39 is 0 Å². The number of hydrogen-bond donors (Lipinski definition) is 0. The van der Waals surface area contributed by atoms with E-state index in [4.69, 9.17) is 0 Å². The molecule has 18 aromatic rings. The first-order valence-corrected chi connectivity index (χ1v) is 31.2. The number of thiophene rings is 2. The van der Waals surface area contributed by atoms with Gasteiger partial charge in [0.25, 0.3) is 0 Å². The molecule has 0 aliphatic rings. The first kappa shape index (κ1) is 50.1. The van der Waals surface area contributed by atoms with Gasteiger partial charge in [-0.25, -0.2) is 0 Å². The van der Waals surface area contributed by atoms with Gasteiger partial charge in [0.2, 0.25) is 0 Å². The van der Waals surface area contributed by atoms with Crippen molar-refractivity contribution in [1.82, 2.24) is 0 Å². The normalized spacial score (nSPS) is 11.7. The van der Waals surface area contributed by atoms with Crippen molar-refractivity contribution in [3.05, 3.63) is 315 Å². The van der Waals surface area contributed by atoms with Gasteiger partial charge in [-0.15, -0.1) is 22.7 Å². The lowest BCUT2D eigenvalue weighted by Crippen LogP contribution is -1.93. The molecule has 18 rings (SSSR count). The van der Waals surface area contributed by atoms with Crippen molar-refractivity contribution in [2.45, 2.75) is 0 Å². The molecule has 0 saturated carbocycles. The predicted octanol–water partition coefficient (Wildman–Crippen LogP) is 25.0. The molecule has 0 N–H and O–H groups in total. The van der Waals surface area contributed by atoms with Crippen LogP contribution in [-0.4, -0.2) is 0 Å². The second-order valence-corrected chi connectivity index (χ2v) is 24.6. The monoisotopic (exact) mass is 1120 g/mol. The van der Waals surface area contributed by atoms with Crippen molar-refractivity contribution in [3.8, 4) is 66.8 Å². The Labute approximate surface area is 506 Å². The van der Waals surface area contributed by atoms with Crippen molar-refractivity contribution < 1.29 is 0 Å². The molecule has 2 heteroatoms. The summed E-state index contributed by atoms with van der Waals surface area (Å²) < 4.78 is 5.34. The van der Waals surface area contributed by atoms with E-state index in [1.165, 1.54) is 172 Å². The van der Waals surface area contributed by atoms with Crippen LogP contribution in [0.15, 0.2) is 315 Å². The fraction of sp³-hybridized carbons (Fsp3) is 0. The lowest BCUT2D eigenvalue weighted by atomic mass is 9.83. The Bertz CT molecular complexity index is 5610. The number of hydrogen-bond acceptors (Lipinski definition) is 2. The fourth-order valence-electron chi connectivity index (χ4n) is 14.0. The maximum Gasteiger partial charge on any atom is 0.0355 e. The first-order valence-electron chi connectivity index (χ1n) is 29.5. The second-order valence-electron chi connectivity index (χ2n) is 22.5. The van der Waals surface area contributed by atoms with Crippen molar-refractivity contribution in [3.63, 3.8) is 0 Å². The Balaban J connectivity index is 0.000000134. The fourth-order valence-corrected chi connectivity index (χ4v) is 16.1. The lowest BCUT2D eigenvalue weighted by Gasteiger charge is -2.20. The zero-order valence-corrected chi connectivity index (χ0v) is 48.5. The van der Waals surface area contributed by atoms with Crippen LogP contribution in [0.25, 0.3) is 172 Å². The Hall–Kier alpha value is -10.5. The summed E-state index contributed by atoms with van der Waals surface area (Å²) in [5, 5.41) is 20.6. The smallest absolute Gasteiger partial charge is 0.0355 e. The van der Waals surface area contributed by atoms with Gasteiger partial charge in [-0.3, -0.25) is 0 Å². The highest BCUT2D eigenvalue weighted by molar-refractivity contribution is 7.26. The molecule has 0 amide bonds. The first-order chi connectivity index (χ1) is 42.7. The average Bonchev–Trinajstić information content (AvgIpc) is 0.950. The molecule has 2 heterocycles. The molecule has 400 valence electrons. The predicted molar refractivity (Wildman–Crippen MR) is 376 cm³/mol. The highest BCUT2D eigenvalue weighted by Crippen LogP contribution is 2.50. The lowest BCUT2D eigenvalue weighted by molar-refractivity contribution is 1.63. The maximum absolute atomic E-state index is 2.41. The van der Waals surface area contributed by atoms with Crippen LogP contribution in [0.5, 0.6) is 0 Å². The van der Waals surface area contributed by atoms with Gasteiger partial charge in [0.15, 0.2) is 0 Å². The van der Waals surface area contributed by atoms with Crippen molar-refractivity contribution in [1.29, 1.82) is 0 Å². The molecule has 0 unspecified atom stereocenters. The van der Waals surface area contributed by atoms with Gasteiger partial charge in [0.05, 0.1) is 0 Å². The SMILES string of the molecule is c1cc(-c2cccc3ccccc23)cc(-c2c3ccccc3c(-c3ccc4sc5ccccc5c4c3)c3ccccc23)c1.c1ccc(-c2c3ccccc3c(-c3ccc4sc5ccccc5c4c3)c3ccccc23)c(-c2cccc3ccccc23)c1. The summed E-state index contributed by atoms with van der Waals surface area (Å²) in [4.78, 5) is 0. The molecule has 0 nitrogen and oxygen atoms in total. The van der Waals surface area contributed by atoms with E-state index >= 15 is 0 Å². The van der Waals surface area contributed by atoms with Gasteiger partial charge < -0.3 is 0 Å². The molecule has 0 aliphatic carbocycles. The standard InChI is InChI=1S/2C42H26S/c1-2-15-31-27(11-1)12-10-21-32(31)28-13-9-14-29(25-28)41-34-17-3-5-19-36(34)42(37-20-6-4-18-35(37)41)30-23-24-40-38(26-30)33-16-7-8-22-39(33)43-40;1-2-14-29-27(12-1)13-11-22-30(29)31-15-3-4-17-33(31)42-36-20-7-5-18-34(36)41(35-19-6-8-21-37(35)42)28-24-25-40-38(26-28)32-16-9-10-23-39(32)43-40/h2*1-26H. The maximum atomic E-state index is 2.41. The van der Waals surface area contributed by atoms with Crippen LogP contribution in [0.2, 0.25) is 0 Å². The van der Waals surface area contributed by atoms with Crippen molar-refractivity contribution >= 4 is 128 Å². The number of fused-ring (bicyclic) bond motifs is 12. The van der Waals surface area contributed by atoms with Gasteiger partial charge >= 0.3 is 0 Å². The highest BCUT2D eigenvalue weighted by atomic mass is 32.1. The van der Waals surface area contributed by atoms with Crippen LogP contribution < -0.4 is 0 Å². The summed E-state index contributed by atoms with van der Waals surface area (Å²) >= 11 is 3.75. The third kappa shape index (κ3) is 8.25. The second kappa shape index (κ2) is 20.7. The van der Waals surface area contributed by atoms with Gasteiger partial charge in [-0.05, 0) is 174 Å². The summed E-state index contributed by atoms with van der Waals surface area (Å²) in [6, 6.07) is 116. The molecular weight excluding hydrogens is 1070 g/mol. The number of rotatable bonds is 6. The Morgan fingerprint density at radius 3 is 0.930 bits per heavy atom. The van der Waals surface area contributed by atoms with E-state index in [9.17, 15) is 0 Å². The molecule has 0 fully saturated rings. The topological polar surface area (TPSA) is 0 Å². The molecular formula is C84H52S2. The van der Waals surface area contributed by atoms with Crippen molar-refractivity contribution in [2.75, 3.05) is 0 Å². The van der Waals surface area contributed by atoms with E-state index in [1.807, 2.05) is 22.7 Å². The molecule has 2 aromatic heterocycles. The number of benzene rings is 16. The minimum Gasteiger partial charge on any atom is -0.135 e. The van der Waals surface area contributed by atoms with E-state index in [0.717, 1.165) is 0 Å². The van der Waals surface area contributed by atoms with Gasteiger partial charge in [-0.1, -0.05) is 273 Å². The quantitative estimate of drug-likeness (QED) is 0.146. The van der Waals surface area contributed by atoms with Crippen LogP contribution in [-0.2, 0) is 0 Å². The molecule has 0 saturated heterocycles. The van der Waals surface area contributed by atoms with Crippen LogP contribution >= 0.6 is 22.7 Å². The summed E-state index contributed by atoms with van der Waals surface area (Å²) in [5.41, 5.74) is 15.2. The Morgan fingerprint density at radius 2 is 0.453 bits per heavy atom. The van der Waals surface area contributed by atoms with Crippen LogP contribution in [0.3, 0.4) is 0 Å². The molecule has 0 bridgehead atoms. The minimum absolute atomic E-state index is 1.24. The van der Waals surface area contributed by atoms with Crippen LogP contribution in [0.4, 0.5) is 0 Å². The van der Waals surface area contributed by atoms with Crippen LogP contribution in [0, 0.1) is 0 Å². The Morgan fingerprint density at radius 1 is 0.151 bits per heavy atom. The molecule has 86 heavy (non-hydrogen) atoms. The summed E-state index contributed by atoms with van der Waals surface area (Å²) in [7, 11) is 0. The van der Waals surface area contributed by atoms with Gasteiger partial charge in [0, 0.05) is 40.3 Å². The van der Waals surface area contributed by atoms with E-state index in [-0.39, 0.29) is 0 Å². The van der Waals surface area contributed by atoms with Gasteiger partial charge in [0.1, 0.15) is 0 Å². The summed E-state index contributed by atoms with van der Waals surface area (Å²) in [6.07, 6.45) is 0. The zero-order valence-electron chi connectivity index (χ0n) is 46.8. The van der Waals surface area contributed by atoms with Crippen LogP contribution in [0.1, 0.15) is 0 Å². The minimum atomic E-state index is 1.24. The van der Waals surface area contributed by atoms with Gasteiger partial charge in [-0.2, -0.15) is 0 Å². The third-order valence-corrected chi connectivity index (χ3v) is 20.0. The summed E-state index contributed by atoms with van der Waals surface area (Å²) in [6.45, 7) is 0. The molecule has 0 atom stereocenters. The molecule has 0 radical (unpaired) electrons. The molecule has 0 aliphatic heterocycles. The third-order valence-electron chi connectivity index (χ3n) is 17.7.